The molecule has 0 bridgehead atoms. The van der Waals surface area contributed by atoms with E-state index >= 15 is 0 Å². The SMILES string of the molecule is CCCCOC(=O)CCN1C(=O)C(=Cc2ccccc2)N(CCC(=O)OCCCC)C1=O. The van der Waals surface area contributed by atoms with Crippen molar-refractivity contribution < 1.29 is 28.7 Å². The van der Waals surface area contributed by atoms with E-state index in [1.807, 2.05) is 44.2 Å². The molecule has 2 rings (SSSR count). The van der Waals surface area contributed by atoms with Crippen LogP contribution in [0.3, 0.4) is 0 Å². The summed E-state index contributed by atoms with van der Waals surface area (Å²) < 4.78 is 10.3. The molecule has 1 aliphatic rings. The topological polar surface area (TPSA) is 93.2 Å². The second kappa shape index (κ2) is 13.3. The van der Waals surface area contributed by atoms with Crippen molar-refractivity contribution in [2.45, 2.75) is 52.4 Å². The van der Waals surface area contributed by atoms with Crippen LogP contribution in [0.4, 0.5) is 4.79 Å². The maximum Gasteiger partial charge on any atom is 0.331 e. The van der Waals surface area contributed by atoms with Crippen LogP contribution in [0.2, 0.25) is 0 Å². The van der Waals surface area contributed by atoms with Crippen molar-refractivity contribution in [2.24, 2.45) is 0 Å². The van der Waals surface area contributed by atoms with Gasteiger partial charge >= 0.3 is 18.0 Å². The van der Waals surface area contributed by atoms with Crippen LogP contribution >= 0.6 is 0 Å². The Labute approximate surface area is 189 Å². The van der Waals surface area contributed by atoms with Crippen LogP contribution in [0.1, 0.15) is 57.9 Å². The van der Waals surface area contributed by atoms with Crippen molar-refractivity contribution >= 4 is 30.0 Å². The molecule has 1 aromatic carbocycles. The normalized spacial score (nSPS) is 14.9. The standard InChI is InChI=1S/C24H32N2O6/c1-3-5-16-31-21(27)12-14-25-20(18-19-10-8-7-9-11-19)23(29)26(24(25)30)15-13-22(28)32-17-6-4-2/h7-11,18H,3-6,12-17H2,1-2H3. The van der Waals surface area contributed by atoms with Gasteiger partial charge in [-0.2, -0.15) is 0 Å². The molecule has 0 saturated carbocycles. The third-order valence-electron chi connectivity index (χ3n) is 4.92. The number of urea groups is 1. The van der Waals surface area contributed by atoms with Crippen LogP contribution in [0.5, 0.6) is 0 Å². The molecule has 1 fully saturated rings. The van der Waals surface area contributed by atoms with Gasteiger partial charge in [0.2, 0.25) is 0 Å². The van der Waals surface area contributed by atoms with Gasteiger partial charge in [0.15, 0.2) is 0 Å². The number of imide groups is 1. The van der Waals surface area contributed by atoms with E-state index in [1.54, 1.807) is 6.08 Å². The van der Waals surface area contributed by atoms with Crippen LogP contribution in [-0.4, -0.2) is 60.0 Å². The predicted molar refractivity (Wildman–Crippen MR) is 119 cm³/mol. The molecule has 1 aromatic rings. The summed E-state index contributed by atoms with van der Waals surface area (Å²) in [5.74, 6) is -1.37. The van der Waals surface area contributed by atoms with E-state index in [0.29, 0.717) is 13.2 Å². The number of carbonyl (C=O) groups excluding carboxylic acids is 4. The number of rotatable bonds is 13. The second-order valence-corrected chi connectivity index (χ2v) is 7.48. The first-order valence-electron chi connectivity index (χ1n) is 11.2. The average molecular weight is 445 g/mol. The zero-order valence-electron chi connectivity index (χ0n) is 18.9. The molecule has 0 spiro atoms. The molecule has 0 aliphatic carbocycles. The Balaban J connectivity index is 2.09. The van der Waals surface area contributed by atoms with Crippen molar-refractivity contribution in [1.82, 2.24) is 9.80 Å². The van der Waals surface area contributed by atoms with E-state index in [0.717, 1.165) is 36.1 Å². The monoisotopic (exact) mass is 444 g/mol. The van der Waals surface area contributed by atoms with Crippen LogP contribution in [-0.2, 0) is 23.9 Å². The smallest absolute Gasteiger partial charge is 0.331 e. The number of esters is 2. The van der Waals surface area contributed by atoms with Crippen molar-refractivity contribution in [3.8, 4) is 0 Å². The zero-order valence-corrected chi connectivity index (χ0v) is 18.9. The molecule has 8 heteroatoms. The van der Waals surface area contributed by atoms with Gasteiger partial charge in [-0.15, -0.1) is 0 Å². The van der Waals surface area contributed by atoms with Crippen LogP contribution < -0.4 is 0 Å². The number of amides is 3. The Morgan fingerprint density at radius 1 is 0.844 bits per heavy atom. The van der Waals surface area contributed by atoms with E-state index in [2.05, 4.69) is 0 Å². The van der Waals surface area contributed by atoms with Crippen molar-refractivity contribution in [1.29, 1.82) is 0 Å². The van der Waals surface area contributed by atoms with E-state index in [9.17, 15) is 19.2 Å². The predicted octanol–water partition coefficient (Wildman–Crippen LogP) is 3.76. The van der Waals surface area contributed by atoms with Crippen molar-refractivity contribution in [3.05, 3.63) is 41.6 Å². The molecule has 8 nitrogen and oxygen atoms in total. The number of ether oxygens (including phenoxy) is 2. The quantitative estimate of drug-likeness (QED) is 0.199. The summed E-state index contributed by atoms with van der Waals surface area (Å²) in [4.78, 5) is 52.2. The van der Waals surface area contributed by atoms with Crippen molar-refractivity contribution in [2.75, 3.05) is 26.3 Å². The first kappa shape index (κ1) is 25.1. The largest absolute Gasteiger partial charge is 0.466 e. The lowest BCUT2D eigenvalue weighted by Crippen LogP contribution is -2.35. The minimum absolute atomic E-state index is 0.0195. The summed E-state index contributed by atoms with van der Waals surface area (Å²) in [6, 6.07) is 8.58. The van der Waals surface area contributed by atoms with Gasteiger partial charge in [0.1, 0.15) is 5.70 Å². The molecule has 3 amide bonds. The van der Waals surface area contributed by atoms with Crippen LogP contribution in [0.15, 0.2) is 36.0 Å². The number of carbonyl (C=O) groups is 4. The lowest BCUT2D eigenvalue weighted by Gasteiger charge is -2.17. The van der Waals surface area contributed by atoms with Gasteiger partial charge in [-0.05, 0) is 24.5 Å². The summed E-state index contributed by atoms with van der Waals surface area (Å²) in [6.45, 7) is 4.59. The van der Waals surface area contributed by atoms with E-state index < -0.39 is 23.9 Å². The molecule has 0 unspecified atom stereocenters. The summed E-state index contributed by atoms with van der Waals surface area (Å²) >= 11 is 0. The molecular formula is C24H32N2O6. The van der Waals surface area contributed by atoms with Gasteiger partial charge in [0, 0.05) is 13.1 Å². The van der Waals surface area contributed by atoms with E-state index in [1.165, 1.54) is 4.90 Å². The molecule has 0 atom stereocenters. The Kier molecular flexibility index (Phi) is 10.4. The minimum atomic E-state index is -0.556. The maximum atomic E-state index is 13.0. The molecule has 0 radical (unpaired) electrons. The van der Waals surface area contributed by atoms with Gasteiger partial charge in [-0.3, -0.25) is 24.2 Å². The first-order valence-corrected chi connectivity index (χ1v) is 11.2. The van der Waals surface area contributed by atoms with Crippen LogP contribution in [0, 0.1) is 0 Å². The van der Waals surface area contributed by atoms with Gasteiger partial charge in [0.05, 0.1) is 26.1 Å². The number of nitrogens with zero attached hydrogens (tertiary/aromatic N) is 2. The molecule has 32 heavy (non-hydrogen) atoms. The molecule has 1 aliphatic heterocycles. The summed E-state index contributed by atoms with van der Waals surface area (Å²) in [7, 11) is 0. The average Bonchev–Trinajstić information content (AvgIpc) is 3.00. The zero-order chi connectivity index (χ0) is 23.3. The molecule has 0 N–H and O–H groups in total. The van der Waals surface area contributed by atoms with Crippen molar-refractivity contribution in [3.63, 3.8) is 0 Å². The van der Waals surface area contributed by atoms with Gasteiger partial charge < -0.3 is 9.47 Å². The highest BCUT2D eigenvalue weighted by atomic mass is 16.5. The third kappa shape index (κ3) is 7.51. The summed E-state index contributed by atoms with van der Waals surface area (Å²) in [5, 5.41) is 0. The fraction of sp³-hybridized carbons (Fsp3) is 0.500. The van der Waals surface area contributed by atoms with E-state index in [4.69, 9.17) is 9.47 Å². The highest BCUT2D eigenvalue weighted by Gasteiger charge is 2.41. The maximum absolute atomic E-state index is 13.0. The number of benzene rings is 1. The molecular weight excluding hydrogens is 412 g/mol. The Morgan fingerprint density at radius 2 is 1.38 bits per heavy atom. The number of unbranched alkanes of at least 4 members (excludes halogenated alkanes) is 2. The highest BCUT2D eigenvalue weighted by molar-refractivity contribution is 6.14. The number of hydrogen-bond donors (Lipinski definition) is 0. The Bertz CT molecular complexity index is 821. The van der Waals surface area contributed by atoms with E-state index in [-0.39, 0.29) is 31.6 Å². The van der Waals surface area contributed by atoms with Gasteiger partial charge in [-0.25, -0.2) is 4.79 Å². The number of hydrogen-bond acceptors (Lipinski definition) is 6. The third-order valence-corrected chi connectivity index (χ3v) is 4.92. The lowest BCUT2D eigenvalue weighted by molar-refractivity contribution is -0.145. The van der Waals surface area contributed by atoms with Gasteiger partial charge in [0.25, 0.3) is 5.91 Å². The fourth-order valence-electron chi connectivity index (χ4n) is 3.06. The molecule has 174 valence electrons. The van der Waals surface area contributed by atoms with Crippen LogP contribution in [0.25, 0.3) is 6.08 Å². The Morgan fingerprint density at radius 3 is 1.91 bits per heavy atom. The summed E-state index contributed by atoms with van der Waals surface area (Å²) in [6.07, 6.45) is 4.86. The highest BCUT2D eigenvalue weighted by Crippen LogP contribution is 2.24. The first-order chi connectivity index (χ1) is 15.5. The van der Waals surface area contributed by atoms with Gasteiger partial charge in [-0.1, -0.05) is 57.0 Å². The lowest BCUT2D eigenvalue weighted by atomic mass is 10.2. The molecule has 1 heterocycles. The minimum Gasteiger partial charge on any atom is -0.466 e. The Hall–Kier alpha value is -3.16. The summed E-state index contributed by atoms with van der Waals surface area (Å²) in [5.41, 5.74) is 0.918. The fourth-order valence-corrected chi connectivity index (χ4v) is 3.06. The second-order valence-electron chi connectivity index (χ2n) is 7.48. The molecule has 0 aromatic heterocycles. The molecule has 1 saturated heterocycles.